The van der Waals surface area contributed by atoms with Crippen molar-refractivity contribution in [3.8, 4) is 22.4 Å². The predicted octanol–water partition coefficient (Wildman–Crippen LogP) is 3.76. The lowest BCUT2D eigenvalue weighted by Crippen LogP contribution is -1.90. The van der Waals surface area contributed by atoms with E-state index in [0.717, 1.165) is 22.6 Å². The van der Waals surface area contributed by atoms with Gasteiger partial charge in [-0.15, -0.1) is 0 Å². The van der Waals surface area contributed by atoms with Crippen molar-refractivity contribution in [3.63, 3.8) is 0 Å². The molecule has 0 aliphatic carbocycles. The molecule has 0 atom stereocenters. The number of aromatic amines is 1. The molecular formula is C16H15N3. The van der Waals surface area contributed by atoms with Gasteiger partial charge >= 0.3 is 0 Å². The molecule has 0 fully saturated rings. The molecule has 94 valence electrons. The van der Waals surface area contributed by atoms with Crippen LogP contribution >= 0.6 is 0 Å². The first-order chi connectivity index (χ1) is 9.24. The largest absolute Gasteiger partial charge is 0.278 e. The van der Waals surface area contributed by atoms with Gasteiger partial charge in [0.1, 0.15) is 0 Å². The minimum absolute atomic E-state index is 1.03. The fourth-order valence-corrected chi connectivity index (χ4v) is 2.26. The van der Waals surface area contributed by atoms with Crippen LogP contribution in [0.2, 0.25) is 0 Å². The zero-order valence-electron chi connectivity index (χ0n) is 11.0. The van der Waals surface area contributed by atoms with Crippen LogP contribution in [0.5, 0.6) is 0 Å². The monoisotopic (exact) mass is 249 g/mol. The van der Waals surface area contributed by atoms with E-state index in [2.05, 4.69) is 45.5 Å². The lowest BCUT2D eigenvalue weighted by molar-refractivity contribution is 1.09. The Morgan fingerprint density at radius 2 is 1.79 bits per heavy atom. The van der Waals surface area contributed by atoms with Crippen molar-refractivity contribution in [1.82, 2.24) is 15.2 Å². The topological polar surface area (TPSA) is 41.6 Å². The maximum absolute atomic E-state index is 4.52. The fraction of sp³-hybridized carbons (Fsp3) is 0.125. The SMILES string of the molecule is Cc1ccc(-c2cccc(-c3ccn[nH]3)c2)c(C)n1. The van der Waals surface area contributed by atoms with E-state index >= 15 is 0 Å². The van der Waals surface area contributed by atoms with E-state index in [9.17, 15) is 0 Å². The summed E-state index contributed by atoms with van der Waals surface area (Å²) in [5, 5.41) is 6.98. The van der Waals surface area contributed by atoms with E-state index in [1.54, 1.807) is 6.20 Å². The molecule has 0 aliphatic heterocycles. The zero-order chi connectivity index (χ0) is 13.2. The molecule has 0 saturated heterocycles. The lowest BCUT2D eigenvalue weighted by atomic mass is 10.0. The van der Waals surface area contributed by atoms with Gasteiger partial charge in [-0.3, -0.25) is 10.1 Å². The molecule has 3 nitrogen and oxygen atoms in total. The first-order valence-electron chi connectivity index (χ1n) is 6.28. The second-order valence-corrected chi connectivity index (χ2v) is 4.64. The molecule has 19 heavy (non-hydrogen) atoms. The number of pyridine rings is 1. The van der Waals surface area contributed by atoms with E-state index in [4.69, 9.17) is 0 Å². The standard InChI is InChI=1S/C16H15N3/c1-11-6-7-15(12(2)18-11)13-4-3-5-14(10-13)16-8-9-17-19-16/h3-10H,1-2H3,(H,17,19). The summed E-state index contributed by atoms with van der Waals surface area (Å²) in [5.74, 6) is 0. The molecule has 2 heterocycles. The summed E-state index contributed by atoms with van der Waals surface area (Å²) in [6.45, 7) is 4.06. The second-order valence-electron chi connectivity index (χ2n) is 4.64. The summed E-state index contributed by atoms with van der Waals surface area (Å²) in [5.41, 5.74) is 6.62. The van der Waals surface area contributed by atoms with Crippen LogP contribution in [0.25, 0.3) is 22.4 Å². The van der Waals surface area contributed by atoms with Crippen molar-refractivity contribution in [1.29, 1.82) is 0 Å². The molecule has 3 rings (SSSR count). The molecule has 0 radical (unpaired) electrons. The average molecular weight is 249 g/mol. The molecule has 1 aromatic carbocycles. The van der Waals surface area contributed by atoms with Crippen LogP contribution in [-0.4, -0.2) is 15.2 Å². The van der Waals surface area contributed by atoms with Crippen LogP contribution in [0.3, 0.4) is 0 Å². The Labute approximate surface area is 112 Å². The number of benzene rings is 1. The van der Waals surface area contributed by atoms with E-state index in [0.29, 0.717) is 0 Å². The average Bonchev–Trinajstić information content (AvgIpc) is 2.93. The van der Waals surface area contributed by atoms with Gasteiger partial charge in [0.2, 0.25) is 0 Å². The van der Waals surface area contributed by atoms with Gasteiger partial charge in [0.25, 0.3) is 0 Å². The quantitative estimate of drug-likeness (QED) is 0.751. The van der Waals surface area contributed by atoms with Gasteiger partial charge in [-0.25, -0.2) is 0 Å². The molecule has 3 aromatic rings. The summed E-state index contributed by atoms with van der Waals surface area (Å²) in [4.78, 5) is 4.52. The van der Waals surface area contributed by atoms with Gasteiger partial charge in [-0.2, -0.15) is 5.10 Å². The highest BCUT2D eigenvalue weighted by Gasteiger charge is 2.05. The maximum atomic E-state index is 4.52. The number of hydrogen-bond donors (Lipinski definition) is 1. The normalized spacial score (nSPS) is 10.6. The summed E-state index contributed by atoms with van der Waals surface area (Å²) >= 11 is 0. The second kappa shape index (κ2) is 4.69. The highest BCUT2D eigenvalue weighted by molar-refractivity contribution is 5.72. The Balaban J connectivity index is 2.08. The van der Waals surface area contributed by atoms with E-state index in [-0.39, 0.29) is 0 Å². The molecule has 0 bridgehead atoms. The molecule has 1 N–H and O–H groups in total. The highest BCUT2D eigenvalue weighted by atomic mass is 15.1. The summed E-state index contributed by atoms with van der Waals surface area (Å²) in [6.07, 6.45) is 1.76. The molecular weight excluding hydrogens is 234 g/mol. The Morgan fingerprint density at radius 1 is 0.947 bits per heavy atom. The maximum Gasteiger partial charge on any atom is 0.0650 e. The van der Waals surface area contributed by atoms with Crippen LogP contribution in [-0.2, 0) is 0 Å². The van der Waals surface area contributed by atoms with Gasteiger partial charge in [0.05, 0.1) is 5.69 Å². The third kappa shape index (κ3) is 2.27. The van der Waals surface area contributed by atoms with E-state index < -0.39 is 0 Å². The third-order valence-corrected chi connectivity index (χ3v) is 3.21. The third-order valence-electron chi connectivity index (χ3n) is 3.21. The molecule has 3 heteroatoms. The number of nitrogens with zero attached hydrogens (tertiary/aromatic N) is 2. The van der Waals surface area contributed by atoms with Crippen LogP contribution in [0.1, 0.15) is 11.4 Å². The molecule has 0 amide bonds. The van der Waals surface area contributed by atoms with Crippen LogP contribution in [0, 0.1) is 13.8 Å². The van der Waals surface area contributed by atoms with Crippen molar-refractivity contribution < 1.29 is 0 Å². The number of aryl methyl sites for hydroxylation is 2. The molecule has 0 saturated carbocycles. The fourth-order valence-electron chi connectivity index (χ4n) is 2.26. The molecule has 2 aromatic heterocycles. The van der Waals surface area contributed by atoms with Crippen molar-refractivity contribution in [2.75, 3.05) is 0 Å². The molecule has 0 aliphatic rings. The van der Waals surface area contributed by atoms with Crippen molar-refractivity contribution in [3.05, 3.63) is 60.0 Å². The van der Waals surface area contributed by atoms with Gasteiger partial charge in [0, 0.05) is 28.7 Å². The Kier molecular flexibility index (Phi) is 2.88. The molecule has 0 unspecified atom stereocenters. The Hall–Kier alpha value is -2.42. The zero-order valence-corrected chi connectivity index (χ0v) is 11.0. The minimum Gasteiger partial charge on any atom is -0.278 e. The van der Waals surface area contributed by atoms with Crippen molar-refractivity contribution >= 4 is 0 Å². The Bertz CT molecular complexity index is 700. The van der Waals surface area contributed by atoms with Gasteiger partial charge in [-0.05, 0) is 37.6 Å². The molecule has 0 spiro atoms. The smallest absolute Gasteiger partial charge is 0.0650 e. The summed E-state index contributed by atoms with van der Waals surface area (Å²) in [6, 6.07) is 14.6. The highest BCUT2D eigenvalue weighted by Crippen LogP contribution is 2.26. The lowest BCUT2D eigenvalue weighted by Gasteiger charge is -2.08. The first-order valence-corrected chi connectivity index (χ1v) is 6.28. The van der Waals surface area contributed by atoms with E-state index in [1.165, 1.54) is 11.1 Å². The number of hydrogen-bond acceptors (Lipinski definition) is 2. The van der Waals surface area contributed by atoms with Crippen LogP contribution in [0.4, 0.5) is 0 Å². The summed E-state index contributed by atoms with van der Waals surface area (Å²) < 4.78 is 0. The number of H-pyrrole nitrogens is 1. The van der Waals surface area contributed by atoms with Crippen LogP contribution in [0.15, 0.2) is 48.7 Å². The Morgan fingerprint density at radius 3 is 2.53 bits per heavy atom. The van der Waals surface area contributed by atoms with E-state index in [1.807, 2.05) is 26.0 Å². The number of aromatic nitrogens is 3. The first kappa shape index (κ1) is 11.7. The predicted molar refractivity (Wildman–Crippen MR) is 76.7 cm³/mol. The minimum atomic E-state index is 1.03. The van der Waals surface area contributed by atoms with Gasteiger partial charge < -0.3 is 0 Å². The van der Waals surface area contributed by atoms with Crippen LogP contribution < -0.4 is 0 Å². The van der Waals surface area contributed by atoms with Gasteiger partial charge in [0.15, 0.2) is 0 Å². The number of rotatable bonds is 2. The number of nitrogens with one attached hydrogen (secondary N) is 1. The van der Waals surface area contributed by atoms with Crippen molar-refractivity contribution in [2.45, 2.75) is 13.8 Å². The summed E-state index contributed by atoms with van der Waals surface area (Å²) in [7, 11) is 0. The van der Waals surface area contributed by atoms with Gasteiger partial charge in [-0.1, -0.05) is 24.3 Å². The van der Waals surface area contributed by atoms with Crippen molar-refractivity contribution in [2.24, 2.45) is 0 Å².